The van der Waals surface area contributed by atoms with Gasteiger partial charge in [-0.3, -0.25) is 4.79 Å². The van der Waals surface area contributed by atoms with Gasteiger partial charge >= 0.3 is 6.18 Å². The van der Waals surface area contributed by atoms with Gasteiger partial charge in [0.05, 0.1) is 4.88 Å². The van der Waals surface area contributed by atoms with Crippen molar-refractivity contribution in [1.82, 2.24) is 4.98 Å². The number of halogens is 3. The molecule has 0 N–H and O–H groups in total. The van der Waals surface area contributed by atoms with Crippen molar-refractivity contribution in [3.63, 3.8) is 0 Å². The summed E-state index contributed by atoms with van der Waals surface area (Å²) in [6.45, 7) is 1.13. The fourth-order valence-electron chi connectivity index (χ4n) is 1.64. The van der Waals surface area contributed by atoms with E-state index in [9.17, 15) is 18.0 Å². The average molecular weight is 265 g/mol. The van der Waals surface area contributed by atoms with Crippen molar-refractivity contribution in [2.75, 3.05) is 13.2 Å². The molecule has 2 rings (SSSR count). The molecule has 1 aliphatic rings. The molecule has 3 nitrogen and oxygen atoms in total. The van der Waals surface area contributed by atoms with E-state index in [0.717, 1.165) is 12.6 Å². The van der Waals surface area contributed by atoms with Crippen LogP contribution in [0.4, 0.5) is 13.2 Å². The van der Waals surface area contributed by atoms with Crippen molar-refractivity contribution < 1.29 is 22.7 Å². The summed E-state index contributed by atoms with van der Waals surface area (Å²) in [6, 6.07) is 0. The van der Waals surface area contributed by atoms with Gasteiger partial charge in [0.1, 0.15) is 0 Å². The Hall–Kier alpha value is -0.950. The molecule has 0 aliphatic carbocycles. The van der Waals surface area contributed by atoms with Crippen LogP contribution < -0.4 is 0 Å². The molecular formula is C10H10F3NO2S. The first-order valence-electron chi connectivity index (χ1n) is 5.11. The molecule has 1 fully saturated rings. The summed E-state index contributed by atoms with van der Waals surface area (Å²) in [5.41, 5.74) is 0. The highest BCUT2D eigenvalue weighted by Crippen LogP contribution is 2.33. The number of thiazole rings is 1. The zero-order chi connectivity index (χ0) is 12.5. The summed E-state index contributed by atoms with van der Waals surface area (Å²) >= 11 is 0.405. The van der Waals surface area contributed by atoms with Crippen LogP contribution in [0.2, 0.25) is 0 Å². The van der Waals surface area contributed by atoms with Crippen LogP contribution in [0.3, 0.4) is 0 Å². The monoisotopic (exact) mass is 265 g/mol. The Morgan fingerprint density at radius 3 is 2.88 bits per heavy atom. The smallest absolute Gasteiger partial charge is 0.381 e. The highest BCUT2D eigenvalue weighted by molar-refractivity contribution is 7.13. The van der Waals surface area contributed by atoms with Crippen LogP contribution >= 0.6 is 11.3 Å². The summed E-state index contributed by atoms with van der Waals surface area (Å²) < 4.78 is 42.0. The summed E-state index contributed by atoms with van der Waals surface area (Å²) in [7, 11) is 0. The van der Waals surface area contributed by atoms with Gasteiger partial charge in [-0.25, -0.2) is 4.98 Å². The molecule has 2 heterocycles. The molecule has 0 saturated carbocycles. The number of ketones is 1. The van der Waals surface area contributed by atoms with E-state index in [1.807, 2.05) is 0 Å². The summed E-state index contributed by atoms with van der Waals surface area (Å²) in [4.78, 5) is 15.0. The van der Waals surface area contributed by atoms with Gasteiger partial charge in [0.2, 0.25) is 0 Å². The molecule has 7 heteroatoms. The molecule has 0 spiro atoms. The molecule has 1 aromatic heterocycles. The number of carbonyl (C=O) groups is 1. The average Bonchev–Trinajstić information content (AvgIpc) is 2.85. The minimum absolute atomic E-state index is 0.0734. The lowest BCUT2D eigenvalue weighted by molar-refractivity contribution is -0.137. The third-order valence-corrected chi connectivity index (χ3v) is 3.60. The molecule has 0 aromatic carbocycles. The second-order valence-electron chi connectivity index (χ2n) is 3.88. The highest BCUT2D eigenvalue weighted by atomic mass is 32.1. The van der Waals surface area contributed by atoms with Crippen LogP contribution in [0.1, 0.15) is 27.5 Å². The van der Waals surface area contributed by atoms with E-state index in [4.69, 9.17) is 4.74 Å². The van der Waals surface area contributed by atoms with Crippen molar-refractivity contribution in [1.29, 1.82) is 0 Å². The Kier molecular flexibility index (Phi) is 3.48. The second kappa shape index (κ2) is 4.73. The number of aromatic nitrogens is 1. The molecule has 0 amide bonds. The number of nitrogens with zero attached hydrogens (tertiary/aromatic N) is 1. The number of ether oxygens (including phenoxy) is 1. The third kappa shape index (κ3) is 3.04. The van der Waals surface area contributed by atoms with Gasteiger partial charge in [0.15, 0.2) is 10.8 Å². The highest BCUT2D eigenvalue weighted by Gasteiger charge is 2.35. The molecule has 1 aromatic rings. The summed E-state index contributed by atoms with van der Waals surface area (Å²) in [5.74, 6) is -0.160. The predicted molar refractivity (Wildman–Crippen MR) is 55.0 cm³/mol. The Bertz CT molecular complexity index is 410. The number of alkyl halides is 3. The van der Waals surface area contributed by atoms with Crippen LogP contribution in [0.15, 0.2) is 6.20 Å². The zero-order valence-electron chi connectivity index (χ0n) is 8.79. The first-order valence-corrected chi connectivity index (χ1v) is 5.92. The Morgan fingerprint density at radius 1 is 1.59 bits per heavy atom. The van der Waals surface area contributed by atoms with Gasteiger partial charge in [-0.05, 0) is 12.3 Å². The van der Waals surface area contributed by atoms with Crippen LogP contribution in [-0.4, -0.2) is 24.0 Å². The molecule has 94 valence electrons. The largest absolute Gasteiger partial charge is 0.443 e. The molecule has 17 heavy (non-hydrogen) atoms. The number of rotatable bonds is 3. The Balaban J connectivity index is 2.01. The van der Waals surface area contributed by atoms with Gasteiger partial charge in [-0.15, -0.1) is 11.3 Å². The molecule has 0 bridgehead atoms. The van der Waals surface area contributed by atoms with Crippen LogP contribution in [0.5, 0.6) is 0 Å². The van der Waals surface area contributed by atoms with Crippen molar-refractivity contribution in [2.24, 2.45) is 5.92 Å². The lowest BCUT2D eigenvalue weighted by Crippen LogP contribution is -2.07. The van der Waals surface area contributed by atoms with Gasteiger partial charge in [0.25, 0.3) is 0 Å². The fraction of sp³-hybridized carbons (Fsp3) is 0.600. The maximum atomic E-state index is 12.3. The van der Waals surface area contributed by atoms with Crippen molar-refractivity contribution in [3.05, 3.63) is 16.1 Å². The van der Waals surface area contributed by atoms with Crippen molar-refractivity contribution in [3.8, 4) is 0 Å². The Labute approximate surface area is 99.6 Å². The van der Waals surface area contributed by atoms with E-state index in [1.54, 1.807) is 0 Å². The first-order chi connectivity index (χ1) is 7.97. The lowest BCUT2D eigenvalue weighted by Gasteiger charge is -2.03. The van der Waals surface area contributed by atoms with Crippen molar-refractivity contribution >= 4 is 17.1 Å². The van der Waals surface area contributed by atoms with E-state index in [1.165, 1.54) is 0 Å². The van der Waals surface area contributed by atoms with E-state index in [0.29, 0.717) is 24.6 Å². The standard InChI is InChI=1S/C10H10F3NO2S/c11-10(12,13)9-14-4-8(17-9)7(15)3-6-1-2-16-5-6/h4,6H,1-3,5H2. The molecular weight excluding hydrogens is 255 g/mol. The third-order valence-electron chi connectivity index (χ3n) is 2.52. The lowest BCUT2D eigenvalue weighted by atomic mass is 10.0. The van der Waals surface area contributed by atoms with Gasteiger partial charge in [0, 0.05) is 25.8 Å². The number of hydrogen-bond acceptors (Lipinski definition) is 4. The first kappa shape index (κ1) is 12.5. The Morgan fingerprint density at radius 2 is 2.35 bits per heavy atom. The number of carbonyl (C=O) groups excluding carboxylic acids is 1. The number of hydrogen-bond donors (Lipinski definition) is 0. The quantitative estimate of drug-likeness (QED) is 0.789. The van der Waals surface area contributed by atoms with E-state index in [2.05, 4.69) is 4.98 Å². The molecule has 1 aliphatic heterocycles. The topological polar surface area (TPSA) is 39.2 Å². The molecule has 1 atom stereocenters. The maximum Gasteiger partial charge on any atom is 0.443 e. The second-order valence-corrected chi connectivity index (χ2v) is 4.91. The molecule has 0 radical (unpaired) electrons. The predicted octanol–water partition coefficient (Wildman–Crippen LogP) is 2.77. The maximum absolute atomic E-state index is 12.3. The zero-order valence-corrected chi connectivity index (χ0v) is 9.61. The van der Waals surface area contributed by atoms with Gasteiger partial charge < -0.3 is 4.74 Å². The number of Topliss-reactive ketones (excluding diaryl/α,β-unsaturated/α-hetero) is 1. The van der Waals surface area contributed by atoms with Crippen LogP contribution in [-0.2, 0) is 10.9 Å². The van der Waals surface area contributed by atoms with Gasteiger partial charge in [-0.1, -0.05) is 0 Å². The summed E-state index contributed by atoms with van der Waals surface area (Å²) in [6.07, 6.45) is -2.44. The molecule has 1 unspecified atom stereocenters. The SMILES string of the molecule is O=C(CC1CCOC1)c1cnc(C(F)(F)F)s1. The van der Waals surface area contributed by atoms with Crippen molar-refractivity contribution in [2.45, 2.75) is 19.0 Å². The van der Waals surface area contributed by atoms with E-state index in [-0.39, 0.29) is 23.0 Å². The van der Waals surface area contributed by atoms with Crippen LogP contribution in [0.25, 0.3) is 0 Å². The normalized spacial score (nSPS) is 20.8. The van der Waals surface area contributed by atoms with E-state index < -0.39 is 11.2 Å². The van der Waals surface area contributed by atoms with Crippen LogP contribution in [0, 0.1) is 5.92 Å². The minimum atomic E-state index is -4.47. The molecule has 1 saturated heterocycles. The van der Waals surface area contributed by atoms with E-state index >= 15 is 0 Å². The summed E-state index contributed by atoms with van der Waals surface area (Å²) in [5, 5.41) is -0.969. The van der Waals surface area contributed by atoms with Gasteiger partial charge in [-0.2, -0.15) is 13.2 Å². The fourth-order valence-corrected chi connectivity index (χ4v) is 2.37. The minimum Gasteiger partial charge on any atom is -0.381 e.